The predicted molar refractivity (Wildman–Crippen MR) is 110 cm³/mol. The molecule has 12 heteroatoms. The van der Waals surface area contributed by atoms with Gasteiger partial charge in [0.05, 0.1) is 5.75 Å². The standard InChI is InChI=1S/C19H18F3N6O2S/c1-2-31(29,30)28-16-13(7-6-10-23-16)11-24-17-15(19(20,21)22)12-25-18(27-17)26-14-8-4-3-5-9-14/h4-10,12H,2,11H2,1H3,(H,23,28)(H2,24,25,26,27). The van der Waals surface area contributed by atoms with Crippen LogP contribution in [0.4, 0.5) is 36.4 Å². The zero-order valence-corrected chi connectivity index (χ0v) is 17.0. The van der Waals surface area contributed by atoms with E-state index in [2.05, 4.69) is 36.4 Å². The fourth-order valence-electron chi connectivity index (χ4n) is 2.46. The van der Waals surface area contributed by atoms with Gasteiger partial charge in [-0.3, -0.25) is 4.72 Å². The zero-order valence-electron chi connectivity index (χ0n) is 16.2. The van der Waals surface area contributed by atoms with Crippen LogP contribution in [0.5, 0.6) is 0 Å². The van der Waals surface area contributed by atoms with E-state index < -0.39 is 27.6 Å². The van der Waals surface area contributed by atoms with Crippen LogP contribution in [0, 0.1) is 6.07 Å². The van der Waals surface area contributed by atoms with E-state index >= 15 is 0 Å². The molecule has 0 bridgehead atoms. The van der Waals surface area contributed by atoms with Crippen molar-refractivity contribution < 1.29 is 21.6 Å². The fraction of sp³-hybridized carbons (Fsp3) is 0.211. The van der Waals surface area contributed by atoms with E-state index in [4.69, 9.17) is 0 Å². The molecule has 0 spiro atoms. The molecule has 3 N–H and O–H groups in total. The van der Waals surface area contributed by atoms with Crippen molar-refractivity contribution in [2.45, 2.75) is 19.6 Å². The predicted octanol–water partition coefficient (Wildman–Crippen LogP) is 3.81. The first-order valence-corrected chi connectivity index (χ1v) is 10.7. The van der Waals surface area contributed by atoms with Crippen molar-refractivity contribution in [3.63, 3.8) is 0 Å². The third-order valence-electron chi connectivity index (χ3n) is 4.04. The lowest BCUT2D eigenvalue weighted by molar-refractivity contribution is -0.137. The van der Waals surface area contributed by atoms with Gasteiger partial charge in [0, 0.05) is 30.2 Å². The van der Waals surface area contributed by atoms with Crippen LogP contribution < -0.4 is 15.4 Å². The summed E-state index contributed by atoms with van der Waals surface area (Å²) < 4.78 is 66.3. The number of sulfonamides is 1. The van der Waals surface area contributed by atoms with Gasteiger partial charge in [-0.15, -0.1) is 0 Å². The SMILES string of the molecule is CCS(=O)(=O)Nc1ncccc1CNc1nc(Nc2cc[c]cc2)ncc1C(F)(F)F. The maximum Gasteiger partial charge on any atom is 0.421 e. The van der Waals surface area contributed by atoms with Crippen LogP contribution in [0.25, 0.3) is 0 Å². The van der Waals surface area contributed by atoms with Gasteiger partial charge in [-0.25, -0.2) is 18.4 Å². The topological polar surface area (TPSA) is 109 Å². The van der Waals surface area contributed by atoms with Crippen LogP contribution in [0.3, 0.4) is 0 Å². The Balaban J connectivity index is 1.87. The molecule has 0 atom stereocenters. The number of hydrogen-bond donors (Lipinski definition) is 3. The van der Waals surface area contributed by atoms with Gasteiger partial charge in [0.25, 0.3) is 0 Å². The molecule has 0 saturated carbocycles. The highest BCUT2D eigenvalue weighted by Crippen LogP contribution is 2.34. The van der Waals surface area contributed by atoms with Crippen LogP contribution in [-0.2, 0) is 22.7 Å². The van der Waals surface area contributed by atoms with E-state index in [9.17, 15) is 21.6 Å². The lowest BCUT2D eigenvalue weighted by Crippen LogP contribution is -2.18. The van der Waals surface area contributed by atoms with Gasteiger partial charge in [-0.2, -0.15) is 18.2 Å². The third kappa shape index (κ3) is 6.04. The van der Waals surface area contributed by atoms with Gasteiger partial charge < -0.3 is 10.6 Å². The molecule has 0 fully saturated rings. The number of nitrogens with zero attached hydrogens (tertiary/aromatic N) is 3. The number of pyridine rings is 1. The lowest BCUT2D eigenvalue weighted by atomic mass is 10.2. The molecule has 1 aromatic carbocycles. The average molecular weight is 451 g/mol. The van der Waals surface area contributed by atoms with Crippen molar-refractivity contribution in [2.24, 2.45) is 0 Å². The normalized spacial score (nSPS) is 11.7. The summed E-state index contributed by atoms with van der Waals surface area (Å²) in [5.41, 5.74) is -0.133. The molecule has 163 valence electrons. The molecule has 0 amide bonds. The summed E-state index contributed by atoms with van der Waals surface area (Å²) in [5.74, 6) is -0.647. The molecular weight excluding hydrogens is 433 g/mol. The van der Waals surface area contributed by atoms with Crippen molar-refractivity contribution >= 4 is 33.3 Å². The average Bonchev–Trinajstić information content (AvgIpc) is 2.73. The van der Waals surface area contributed by atoms with Gasteiger partial charge in [0.1, 0.15) is 17.2 Å². The number of benzene rings is 1. The van der Waals surface area contributed by atoms with E-state index in [1.165, 1.54) is 13.1 Å². The second-order valence-corrected chi connectivity index (χ2v) is 8.25. The molecule has 2 heterocycles. The highest BCUT2D eigenvalue weighted by atomic mass is 32.2. The van der Waals surface area contributed by atoms with Crippen molar-refractivity contribution in [1.29, 1.82) is 0 Å². The Bertz CT molecular complexity index is 1140. The Morgan fingerprint density at radius 3 is 2.52 bits per heavy atom. The summed E-state index contributed by atoms with van der Waals surface area (Å²) in [4.78, 5) is 11.7. The quantitative estimate of drug-likeness (QED) is 0.478. The molecular formula is C19H18F3N6O2S. The van der Waals surface area contributed by atoms with E-state index in [0.717, 1.165) is 0 Å². The summed E-state index contributed by atoms with van der Waals surface area (Å²) in [7, 11) is -3.61. The number of halogens is 3. The molecule has 2 aromatic heterocycles. The highest BCUT2D eigenvalue weighted by Gasteiger charge is 2.35. The van der Waals surface area contributed by atoms with Crippen molar-refractivity contribution in [2.75, 3.05) is 21.1 Å². The molecule has 0 aliphatic rings. The third-order valence-corrected chi connectivity index (χ3v) is 5.30. The Hall–Kier alpha value is -3.41. The number of alkyl halides is 3. The summed E-state index contributed by atoms with van der Waals surface area (Å²) >= 11 is 0. The van der Waals surface area contributed by atoms with Crippen molar-refractivity contribution in [3.05, 3.63) is 66.0 Å². The number of rotatable bonds is 8. The Labute approximate surface area is 177 Å². The van der Waals surface area contributed by atoms with Crippen molar-refractivity contribution in [1.82, 2.24) is 15.0 Å². The number of nitrogens with one attached hydrogen (secondary N) is 3. The molecule has 0 unspecified atom stereocenters. The molecule has 3 rings (SSSR count). The summed E-state index contributed by atoms with van der Waals surface area (Å²) in [6, 6.07) is 12.5. The van der Waals surface area contributed by atoms with Crippen LogP contribution in [-0.4, -0.2) is 29.1 Å². The highest BCUT2D eigenvalue weighted by molar-refractivity contribution is 7.92. The summed E-state index contributed by atoms with van der Waals surface area (Å²) in [6.45, 7) is 1.30. The smallest absolute Gasteiger partial charge is 0.365 e. The van der Waals surface area contributed by atoms with E-state index in [1.54, 1.807) is 36.4 Å². The molecule has 0 aliphatic carbocycles. The Kier molecular flexibility index (Phi) is 6.59. The molecule has 3 aromatic rings. The maximum atomic E-state index is 13.4. The van der Waals surface area contributed by atoms with Gasteiger partial charge in [-0.1, -0.05) is 18.2 Å². The van der Waals surface area contributed by atoms with Crippen LogP contribution in [0.1, 0.15) is 18.1 Å². The summed E-state index contributed by atoms with van der Waals surface area (Å²) in [6.07, 6.45) is -2.64. The van der Waals surface area contributed by atoms with E-state index in [-0.39, 0.29) is 24.1 Å². The minimum Gasteiger partial charge on any atom is -0.365 e. The molecule has 31 heavy (non-hydrogen) atoms. The first-order valence-electron chi connectivity index (χ1n) is 9.03. The van der Waals surface area contributed by atoms with E-state index in [0.29, 0.717) is 17.4 Å². The number of aromatic nitrogens is 3. The molecule has 1 radical (unpaired) electrons. The first-order chi connectivity index (χ1) is 14.7. The molecule has 8 nitrogen and oxygen atoms in total. The Morgan fingerprint density at radius 2 is 1.84 bits per heavy atom. The van der Waals surface area contributed by atoms with Crippen LogP contribution in [0.2, 0.25) is 0 Å². The Morgan fingerprint density at radius 1 is 1.10 bits per heavy atom. The fourth-order valence-corrected chi connectivity index (χ4v) is 3.08. The lowest BCUT2D eigenvalue weighted by Gasteiger charge is -2.16. The van der Waals surface area contributed by atoms with Gasteiger partial charge in [0.15, 0.2) is 0 Å². The maximum absolute atomic E-state index is 13.4. The van der Waals surface area contributed by atoms with E-state index in [1.807, 2.05) is 0 Å². The van der Waals surface area contributed by atoms with Gasteiger partial charge >= 0.3 is 6.18 Å². The summed E-state index contributed by atoms with van der Waals surface area (Å²) in [5, 5.41) is 5.43. The minimum atomic E-state index is -4.69. The monoisotopic (exact) mass is 451 g/mol. The van der Waals surface area contributed by atoms with Crippen LogP contribution >= 0.6 is 0 Å². The molecule has 0 saturated heterocycles. The number of hydrogen-bond acceptors (Lipinski definition) is 7. The largest absolute Gasteiger partial charge is 0.421 e. The zero-order chi connectivity index (χ0) is 22.5. The second kappa shape index (κ2) is 9.16. The van der Waals surface area contributed by atoms with Gasteiger partial charge in [0.2, 0.25) is 16.0 Å². The minimum absolute atomic E-state index is 0.0262. The van der Waals surface area contributed by atoms with Crippen molar-refractivity contribution in [3.8, 4) is 0 Å². The first kappa shape index (κ1) is 22.3. The second-order valence-electron chi connectivity index (χ2n) is 6.24. The number of anilines is 4. The molecule has 0 aliphatic heterocycles. The van der Waals surface area contributed by atoms with Gasteiger partial charge in [-0.05, 0) is 31.2 Å². The van der Waals surface area contributed by atoms with Crippen LogP contribution in [0.15, 0.2) is 48.8 Å².